The molecule has 3 aliphatic heterocycles. The molecule has 3 saturated heterocycles. The largest absolute Gasteiger partial charge is 0.450 e. The van der Waals surface area contributed by atoms with E-state index in [1.54, 1.807) is 0 Å². The van der Waals surface area contributed by atoms with Gasteiger partial charge in [-0.3, -0.25) is 4.90 Å². The molecule has 5 atom stereocenters. The lowest BCUT2D eigenvalue weighted by molar-refractivity contribution is -0.0212. The molecule has 1 spiro atoms. The fourth-order valence-electron chi connectivity index (χ4n) is 5.00. The van der Waals surface area contributed by atoms with E-state index in [1.807, 2.05) is 17.9 Å². The van der Waals surface area contributed by atoms with E-state index in [4.69, 9.17) is 4.74 Å². The van der Waals surface area contributed by atoms with E-state index >= 15 is 0 Å². The van der Waals surface area contributed by atoms with Gasteiger partial charge in [0.05, 0.1) is 24.3 Å². The number of amides is 1. The van der Waals surface area contributed by atoms with Crippen molar-refractivity contribution in [2.24, 2.45) is 5.92 Å². The maximum absolute atomic E-state index is 12.4. The number of hydrogen-bond acceptors (Lipinski definition) is 4. The van der Waals surface area contributed by atoms with Gasteiger partial charge in [-0.25, -0.2) is 4.79 Å². The summed E-state index contributed by atoms with van der Waals surface area (Å²) in [7, 11) is 0. The van der Waals surface area contributed by atoms with Gasteiger partial charge in [-0.1, -0.05) is 30.3 Å². The Bertz CT molecular complexity index is 593. The lowest BCUT2D eigenvalue weighted by atomic mass is 9.73. The van der Waals surface area contributed by atoms with Crippen LogP contribution < -0.4 is 5.32 Å². The van der Waals surface area contributed by atoms with Crippen LogP contribution in [0.15, 0.2) is 30.3 Å². The first-order chi connectivity index (χ1) is 11.1. The van der Waals surface area contributed by atoms with E-state index in [9.17, 15) is 9.90 Å². The third-order valence-electron chi connectivity index (χ3n) is 5.81. The third-order valence-corrected chi connectivity index (χ3v) is 5.81. The molecule has 0 radical (unpaired) electrons. The van der Waals surface area contributed by atoms with Crippen molar-refractivity contribution in [3.05, 3.63) is 35.9 Å². The van der Waals surface area contributed by atoms with Gasteiger partial charge in [0.2, 0.25) is 0 Å². The molecular formula is C18H24N2O3. The SMILES string of the molecule is CCOC(=O)N1C2CC3CC1(CNC3c1ccccc1)C[C@H]2O. The zero-order chi connectivity index (χ0) is 16.0. The maximum Gasteiger partial charge on any atom is 0.410 e. The van der Waals surface area contributed by atoms with Crippen LogP contribution in [-0.4, -0.2) is 46.9 Å². The number of nitrogens with zero attached hydrogens (tertiary/aromatic N) is 1. The number of hydrogen-bond donors (Lipinski definition) is 2. The smallest absolute Gasteiger partial charge is 0.410 e. The number of carbonyl (C=O) groups is 1. The van der Waals surface area contributed by atoms with Crippen LogP contribution in [0.4, 0.5) is 4.79 Å². The first kappa shape index (κ1) is 15.0. The quantitative estimate of drug-likeness (QED) is 0.877. The predicted molar refractivity (Wildman–Crippen MR) is 85.9 cm³/mol. The van der Waals surface area contributed by atoms with Gasteiger partial charge < -0.3 is 15.2 Å². The Balaban J connectivity index is 1.62. The second-order valence-corrected chi connectivity index (χ2v) is 7.10. The molecule has 3 heterocycles. The van der Waals surface area contributed by atoms with Gasteiger partial charge in [0.15, 0.2) is 0 Å². The molecule has 2 N–H and O–H groups in total. The second kappa shape index (κ2) is 5.49. The van der Waals surface area contributed by atoms with Crippen LogP contribution in [0.1, 0.15) is 37.8 Å². The molecule has 4 unspecified atom stereocenters. The van der Waals surface area contributed by atoms with E-state index in [1.165, 1.54) is 5.56 Å². The van der Waals surface area contributed by atoms with Gasteiger partial charge in [0.25, 0.3) is 0 Å². The molecule has 3 bridgehead atoms. The van der Waals surface area contributed by atoms with Crippen LogP contribution in [0.5, 0.6) is 0 Å². The summed E-state index contributed by atoms with van der Waals surface area (Å²) in [6, 6.07) is 10.7. The molecule has 1 aromatic carbocycles. The molecular weight excluding hydrogens is 292 g/mol. The number of aliphatic hydroxyl groups is 1. The fourth-order valence-corrected chi connectivity index (χ4v) is 5.00. The summed E-state index contributed by atoms with van der Waals surface area (Å²) in [5, 5.41) is 14.2. The summed E-state index contributed by atoms with van der Waals surface area (Å²) < 4.78 is 5.26. The van der Waals surface area contributed by atoms with Crippen molar-refractivity contribution in [1.29, 1.82) is 0 Å². The highest BCUT2D eigenvalue weighted by molar-refractivity contribution is 5.70. The van der Waals surface area contributed by atoms with Gasteiger partial charge >= 0.3 is 6.09 Å². The van der Waals surface area contributed by atoms with Crippen molar-refractivity contribution in [2.45, 2.75) is 49.9 Å². The zero-order valence-electron chi connectivity index (χ0n) is 13.4. The summed E-state index contributed by atoms with van der Waals surface area (Å²) in [5.41, 5.74) is 1.01. The van der Waals surface area contributed by atoms with Crippen molar-refractivity contribution < 1.29 is 14.6 Å². The number of carbonyl (C=O) groups excluding carboxylic acids is 1. The van der Waals surface area contributed by atoms with Crippen LogP contribution in [0, 0.1) is 5.92 Å². The van der Waals surface area contributed by atoms with Crippen molar-refractivity contribution in [3.8, 4) is 0 Å². The monoisotopic (exact) mass is 316 g/mol. The Labute approximate surface area is 136 Å². The molecule has 3 aliphatic rings. The van der Waals surface area contributed by atoms with Crippen molar-refractivity contribution in [3.63, 3.8) is 0 Å². The minimum absolute atomic E-state index is 0.110. The topological polar surface area (TPSA) is 61.8 Å². The number of fused-ring (bicyclic) bond motifs is 2. The van der Waals surface area contributed by atoms with Crippen LogP contribution >= 0.6 is 0 Å². The van der Waals surface area contributed by atoms with Crippen molar-refractivity contribution >= 4 is 6.09 Å². The van der Waals surface area contributed by atoms with Gasteiger partial charge in [0.1, 0.15) is 0 Å². The lowest BCUT2D eigenvalue weighted by Gasteiger charge is -2.53. The fraction of sp³-hybridized carbons (Fsp3) is 0.611. The first-order valence-electron chi connectivity index (χ1n) is 8.57. The number of nitrogens with one attached hydrogen (secondary N) is 1. The van der Waals surface area contributed by atoms with Gasteiger partial charge in [-0.15, -0.1) is 0 Å². The number of piperidine rings is 2. The second-order valence-electron chi connectivity index (χ2n) is 7.10. The Morgan fingerprint density at radius 3 is 2.91 bits per heavy atom. The highest BCUT2D eigenvalue weighted by Crippen LogP contribution is 2.52. The molecule has 1 amide bonds. The van der Waals surface area contributed by atoms with Crippen LogP contribution in [0.3, 0.4) is 0 Å². The molecule has 0 saturated carbocycles. The zero-order valence-corrected chi connectivity index (χ0v) is 13.4. The van der Waals surface area contributed by atoms with E-state index < -0.39 is 6.10 Å². The van der Waals surface area contributed by atoms with Crippen LogP contribution in [0.2, 0.25) is 0 Å². The average Bonchev–Trinajstić information content (AvgIpc) is 2.74. The van der Waals surface area contributed by atoms with E-state index in [0.29, 0.717) is 25.0 Å². The lowest BCUT2D eigenvalue weighted by Crippen LogP contribution is -2.64. The molecule has 23 heavy (non-hydrogen) atoms. The minimum atomic E-state index is -0.444. The predicted octanol–water partition coefficient (Wildman–Crippen LogP) is 2.07. The average molecular weight is 316 g/mol. The molecule has 1 aromatic rings. The summed E-state index contributed by atoms with van der Waals surface area (Å²) in [4.78, 5) is 14.3. The Morgan fingerprint density at radius 2 is 2.17 bits per heavy atom. The summed E-state index contributed by atoms with van der Waals surface area (Å²) in [5.74, 6) is 0.443. The summed E-state index contributed by atoms with van der Waals surface area (Å²) in [6.07, 6.45) is 1.70. The molecule has 124 valence electrons. The highest BCUT2D eigenvalue weighted by atomic mass is 16.6. The van der Waals surface area contributed by atoms with Crippen LogP contribution in [-0.2, 0) is 4.74 Å². The third kappa shape index (κ3) is 2.25. The normalized spacial score (nSPS) is 38.4. The Morgan fingerprint density at radius 1 is 1.39 bits per heavy atom. The van der Waals surface area contributed by atoms with Gasteiger partial charge in [-0.05, 0) is 31.2 Å². The summed E-state index contributed by atoms with van der Waals surface area (Å²) >= 11 is 0. The van der Waals surface area contributed by atoms with E-state index in [-0.39, 0.29) is 17.7 Å². The molecule has 4 rings (SSSR count). The first-order valence-corrected chi connectivity index (χ1v) is 8.57. The van der Waals surface area contributed by atoms with Gasteiger partial charge in [0, 0.05) is 19.0 Å². The molecule has 5 nitrogen and oxygen atoms in total. The van der Waals surface area contributed by atoms with Crippen molar-refractivity contribution in [1.82, 2.24) is 10.2 Å². The maximum atomic E-state index is 12.4. The molecule has 0 aliphatic carbocycles. The number of aliphatic hydroxyl groups excluding tert-OH is 1. The number of benzene rings is 1. The molecule has 3 fully saturated rings. The van der Waals surface area contributed by atoms with Crippen molar-refractivity contribution in [2.75, 3.05) is 13.2 Å². The van der Waals surface area contributed by atoms with E-state index in [0.717, 1.165) is 19.4 Å². The Kier molecular flexibility index (Phi) is 3.58. The minimum Gasteiger partial charge on any atom is -0.450 e. The number of rotatable bonds is 2. The molecule has 5 heteroatoms. The standard InChI is InChI=1S/C18H24N2O3/c1-2-23-17(22)20-14-8-13-9-18(20,10-15(14)21)11-19-16(13)12-6-4-3-5-7-12/h3-7,13-16,19,21H,2,8-11H2,1H3/t13?,14?,15-,16?,18?/m1/s1. The molecule has 0 aromatic heterocycles. The van der Waals surface area contributed by atoms with Gasteiger partial charge in [-0.2, -0.15) is 0 Å². The van der Waals surface area contributed by atoms with Crippen LogP contribution in [0.25, 0.3) is 0 Å². The number of ether oxygens (including phenoxy) is 1. The Hall–Kier alpha value is -1.59. The summed E-state index contributed by atoms with van der Waals surface area (Å²) in [6.45, 7) is 2.92. The van der Waals surface area contributed by atoms with E-state index in [2.05, 4.69) is 29.6 Å². The highest BCUT2D eigenvalue weighted by Gasteiger charge is 2.61.